The lowest BCUT2D eigenvalue weighted by Crippen LogP contribution is -2.52. The largest absolute Gasteiger partial charge is 0.416 e. The molecule has 10 heteroatoms. The summed E-state index contributed by atoms with van der Waals surface area (Å²) < 4.78 is 44.4. The van der Waals surface area contributed by atoms with E-state index in [-0.39, 0.29) is 17.9 Å². The van der Waals surface area contributed by atoms with Crippen molar-refractivity contribution < 1.29 is 22.7 Å². The van der Waals surface area contributed by atoms with Crippen LogP contribution in [-0.4, -0.2) is 79.5 Å². The van der Waals surface area contributed by atoms with E-state index in [2.05, 4.69) is 10.2 Å². The number of likely N-dealkylation sites (tertiary alicyclic amines) is 1. The molecule has 2 aliphatic heterocycles. The Morgan fingerprint density at radius 3 is 2.34 bits per heavy atom. The van der Waals surface area contributed by atoms with Crippen molar-refractivity contribution in [2.45, 2.75) is 24.4 Å². The van der Waals surface area contributed by atoms with Crippen molar-refractivity contribution in [2.24, 2.45) is 0 Å². The molecule has 2 fully saturated rings. The number of hydrogen-bond acceptors (Lipinski definition) is 4. The molecule has 0 spiro atoms. The summed E-state index contributed by atoms with van der Waals surface area (Å²) in [4.78, 5) is 18.7. The van der Waals surface area contributed by atoms with Crippen molar-refractivity contribution >= 4 is 11.8 Å². The normalized spacial score (nSPS) is 22.2. The first-order valence-corrected chi connectivity index (χ1v) is 10.7. The number of morpholine rings is 1. The number of H-pyrrole nitrogens is 1. The third kappa shape index (κ3) is 4.85. The van der Waals surface area contributed by atoms with Crippen molar-refractivity contribution in [3.8, 4) is 0 Å². The van der Waals surface area contributed by atoms with Crippen LogP contribution in [0.5, 0.6) is 0 Å². The van der Waals surface area contributed by atoms with E-state index >= 15 is 0 Å². The minimum Gasteiger partial charge on any atom is -0.378 e. The van der Waals surface area contributed by atoms with E-state index < -0.39 is 11.7 Å². The number of alkyl halides is 3. The molecule has 0 radical (unpaired) electrons. The first-order valence-electron chi connectivity index (χ1n) is 10.7. The molecule has 0 saturated carbocycles. The number of piperidine rings is 1. The fourth-order valence-corrected chi connectivity index (χ4v) is 4.38. The summed E-state index contributed by atoms with van der Waals surface area (Å²) in [7, 11) is 3.81. The maximum atomic E-state index is 13.2. The Kier molecular flexibility index (Phi) is 6.32. The molecule has 2 aromatic rings. The fourth-order valence-electron chi connectivity index (χ4n) is 4.38. The lowest BCUT2D eigenvalue weighted by atomic mass is 9.83. The van der Waals surface area contributed by atoms with Crippen LogP contribution in [0.3, 0.4) is 0 Å². The summed E-state index contributed by atoms with van der Waals surface area (Å²) in [5.74, 6) is 0.720. The van der Waals surface area contributed by atoms with Gasteiger partial charge in [-0.2, -0.15) is 18.3 Å². The molecule has 7 nitrogen and oxygen atoms in total. The van der Waals surface area contributed by atoms with Crippen molar-refractivity contribution in [1.82, 2.24) is 20.0 Å². The molecule has 1 aromatic heterocycles. The molecule has 1 N–H and O–H groups in total. The van der Waals surface area contributed by atoms with E-state index in [1.165, 1.54) is 12.1 Å². The van der Waals surface area contributed by atoms with E-state index in [0.29, 0.717) is 45.8 Å². The summed E-state index contributed by atoms with van der Waals surface area (Å²) in [6, 6.07) is 7.22. The maximum absolute atomic E-state index is 13.2. The molecule has 2 saturated heterocycles. The molecule has 2 atom stereocenters. The summed E-state index contributed by atoms with van der Waals surface area (Å²) >= 11 is 0. The molecule has 3 heterocycles. The van der Waals surface area contributed by atoms with E-state index in [9.17, 15) is 18.0 Å². The minimum atomic E-state index is -4.37. The van der Waals surface area contributed by atoms with Gasteiger partial charge in [0.25, 0.3) is 0 Å². The van der Waals surface area contributed by atoms with Gasteiger partial charge in [-0.15, -0.1) is 0 Å². The van der Waals surface area contributed by atoms with Crippen LogP contribution in [0.15, 0.2) is 30.3 Å². The number of ether oxygens (including phenoxy) is 1. The highest BCUT2D eigenvalue weighted by Crippen LogP contribution is 2.37. The Hall–Kier alpha value is -2.75. The Bertz CT molecular complexity index is 922. The van der Waals surface area contributed by atoms with Crippen LogP contribution < -0.4 is 4.90 Å². The van der Waals surface area contributed by atoms with Gasteiger partial charge in [0.15, 0.2) is 0 Å². The molecule has 32 heavy (non-hydrogen) atoms. The summed E-state index contributed by atoms with van der Waals surface area (Å²) in [6.07, 6.45) is -3.65. The van der Waals surface area contributed by atoms with Crippen LogP contribution >= 0.6 is 0 Å². The van der Waals surface area contributed by atoms with Crippen LogP contribution in [-0.2, 0) is 10.9 Å². The predicted octanol–water partition coefficient (Wildman–Crippen LogP) is 3.52. The van der Waals surface area contributed by atoms with Crippen molar-refractivity contribution in [3.63, 3.8) is 0 Å². The predicted molar refractivity (Wildman–Crippen MR) is 114 cm³/mol. The Labute approximate surface area is 185 Å². The standard InChI is InChI=1S/C22H28F3N5O2/c1-28(2)20-12-19(26-27-20)17-11-16(15-3-5-18(6-4-15)22(23,24)25)13-30(14-17)21(31)29-7-9-32-10-8-29/h3-6,12,16-17H,7-11,13-14H2,1-2H3,(H,26,27). The van der Waals surface area contributed by atoms with Gasteiger partial charge in [-0.3, -0.25) is 5.10 Å². The van der Waals surface area contributed by atoms with Crippen LogP contribution in [0.2, 0.25) is 0 Å². The zero-order chi connectivity index (χ0) is 22.9. The smallest absolute Gasteiger partial charge is 0.378 e. The Balaban J connectivity index is 1.59. The van der Waals surface area contributed by atoms with Crippen molar-refractivity contribution in [3.05, 3.63) is 47.2 Å². The molecule has 2 aliphatic rings. The average molecular weight is 451 g/mol. The lowest BCUT2D eigenvalue weighted by molar-refractivity contribution is -0.137. The van der Waals surface area contributed by atoms with Crippen molar-refractivity contribution in [1.29, 1.82) is 0 Å². The van der Waals surface area contributed by atoms with Crippen molar-refractivity contribution in [2.75, 3.05) is 58.4 Å². The van der Waals surface area contributed by atoms with Gasteiger partial charge >= 0.3 is 12.2 Å². The van der Waals surface area contributed by atoms with E-state index in [0.717, 1.165) is 29.2 Å². The number of amides is 2. The van der Waals surface area contributed by atoms with E-state index in [4.69, 9.17) is 4.74 Å². The number of aromatic amines is 1. The SMILES string of the molecule is CN(C)c1cc(C2CC(c3ccc(C(F)(F)F)cc3)CN(C(=O)N3CCOCC3)C2)[nH]n1. The highest BCUT2D eigenvalue weighted by Gasteiger charge is 2.36. The number of anilines is 1. The first kappa shape index (κ1) is 22.4. The van der Waals surface area contributed by atoms with Crippen LogP contribution in [0.1, 0.15) is 35.1 Å². The number of halogens is 3. The van der Waals surface area contributed by atoms with Crippen LogP contribution in [0, 0.1) is 0 Å². The summed E-state index contributed by atoms with van der Waals surface area (Å²) in [6.45, 7) is 3.10. The van der Waals surface area contributed by atoms with Gasteiger partial charge in [-0.1, -0.05) is 12.1 Å². The number of nitrogens with zero attached hydrogens (tertiary/aromatic N) is 4. The monoisotopic (exact) mass is 451 g/mol. The number of urea groups is 1. The number of carbonyl (C=O) groups excluding carboxylic acids is 1. The third-order valence-corrected chi connectivity index (χ3v) is 6.19. The van der Waals surface area contributed by atoms with Gasteiger partial charge in [-0.05, 0) is 24.1 Å². The topological polar surface area (TPSA) is 64.7 Å². The number of benzene rings is 1. The number of aromatic nitrogens is 2. The Morgan fingerprint density at radius 1 is 1.09 bits per heavy atom. The van der Waals surface area contributed by atoms with Gasteiger partial charge in [-0.25, -0.2) is 4.79 Å². The average Bonchev–Trinajstić information content (AvgIpc) is 3.29. The van der Waals surface area contributed by atoms with E-state index in [1.54, 1.807) is 4.90 Å². The number of nitrogens with one attached hydrogen (secondary N) is 1. The Morgan fingerprint density at radius 2 is 1.75 bits per heavy atom. The molecule has 0 aliphatic carbocycles. The minimum absolute atomic E-state index is 0.00207. The number of hydrogen-bond donors (Lipinski definition) is 1. The first-order chi connectivity index (χ1) is 15.2. The number of rotatable bonds is 3. The summed E-state index contributed by atoms with van der Waals surface area (Å²) in [5, 5.41) is 7.42. The van der Waals surface area contributed by atoms with Gasteiger partial charge in [0.2, 0.25) is 0 Å². The van der Waals surface area contributed by atoms with Gasteiger partial charge in [0.1, 0.15) is 5.82 Å². The third-order valence-electron chi connectivity index (χ3n) is 6.19. The zero-order valence-electron chi connectivity index (χ0n) is 18.2. The maximum Gasteiger partial charge on any atom is 0.416 e. The molecule has 174 valence electrons. The zero-order valence-corrected chi connectivity index (χ0v) is 18.2. The highest BCUT2D eigenvalue weighted by atomic mass is 19.4. The lowest BCUT2D eigenvalue weighted by Gasteiger charge is -2.41. The summed E-state index contributed by atoms with van der Waals surface area (Å²) in [5.41, 5.74) is 1.05. The second-order valence-electron chi connectivity index (χ2n) is 8.61. The molecule has 2 unspecified atom stereocenters. The van der Waals surface area contributed by atoms with E-state index in [1.807, 2.05) is 30.0 Å². The molecular formula is C22H28F3N5O2. The molecule has 0 bridgehead atoms. The van der Waals surface area contributed by atoms with Crippen LogP contribution in [0.25, 0.3) is 0 Å². The molecule has 4 rings (SSSR count). The number of carbonyl (C=O) groups is 1. The molecular weight excluding hydrogens is 423 g/mol. The quantitative estimate of drug-likeness (QED) is 0.776. The van der Waals surface area contributed by atoms with Gasteiger partial charge in [0, 0.05) is 63.9 Å². The highest BCUT2D eigenvalue weighted by molar-refractivity contribution is 5.75. The molecule has 2 amide bonds. The van der Waals surface area contributed by atoms with Gasteiger partial charge in [0.05, 0.1) is 18.8 Å². The fraction of sp³-hybridized carbons (Fsp3) is 0.545. The van der Waals surface area contributed by atoms with Crippen LogP contribution in [0.4, 0.5) is 23.8 Å². The molecule has 1 aromatic carbocycles. The second kappa shape index (κ2) is 9.01. The second-order valence-corrected chi connectivity index (χ2v) is 8.61. The van der Waals surface area contributed by atoms with Gasteiger partial charge < -0.3 is 19.4 Å².